The number of anilines is 1. The molecule has 0 bridgehead atoms. The number of amides is 1. The number of methoxy groups -OCH3 is 1. The molecule has 0 aliphatic heterocycles. The SMILES string of the molecule is COC(=O)c1ccc(NC(=O)CNCC2CC2)cc1. The van der Waals surface area contributed by atoms with Gasteiger partial charge in [0, 0.05) is 5.69 Å². The van der Waals surface area contributed by atoms with Crippen molar-refractivity contribution in [3.63, 3.8) is 0 Å². The molecular formula is C14H18N2O3. The maximum absolute atomic E-state index is 11.6. The van der Waals surface area contributed by atoms with E-state index in [1.165, 1.54) is 20.0 Å². The summed E-state index contributed by atoms with van der Waals surface area (Å²) < 4.78 is 4.60. The van der Waals surface area contributed by atoms with Crippen LogP contribution in [-0.4, -0.2) is 32.1 Å². The van der Waals surface area contributed by atoms with Crippen LogP contribution in [0.5, 0.6) is 0 Å². The molecule has 1 fully saturated rings. The van der Waals surface area contributed by atoms with Crippen LogP contribution in [0.25, 0.3) is 0 Å². The van der Waals surface area contributed by atoms with Gasteiger partial charge in [0.1, 0.15) is 0 Å². The van der Waals surface area contributed by atoms with Crippen LogP contribution < -0.4 is 10.6 Å². The average molecular weight is 262 g/mol. The highest BCUT2D eigenvalue weighted by molar-refractivity contribution is 5.93. The number of ether oxygens (including phenoxy) is 1. The van der Waals surface area contributed by atoms with E-state index in [0.717, 1.165) is 12.5 Å². The Kier molecular flexibility index (Phi) is 4.52. The summed E-state index contributed by atoms with van der Waals surface area (Å²) in [6, 6.07) is 6.62. The van der Waals surface area contributed by atoms with Gasteiger partial charge in [-0.15, -0.1) is 0 Å². The molecule has 5 nitrogen and oxygen atoms in total. The van der Waals surface area contributed by atoms with Crippen LogP contribution in [0.2, 0.25) is 0 Å². The number of carbonyl (C=O) groups is 2. The van der Waals surface area contributed by atoms with Crippen molar-refractivity contribution in [1.82, 2.24) is 5.32 Å². The molecule has 0 unspecified atom stereocenters. The maximum atomic E-state index is 11.6. The fourth-order valence-corrected chi connectivity index (χ4v) is 1.72. The van der Waals surface area contributed by atoms with E-state index in [2.05, 4.69) is 15.4 Å². The number of carbonyl (C=O) groups excluding carboxylic acids is 2. The predicted octanol–water partition coefficient (Wildman–Crippen LogP) is 1.41. The molecule has 2 rings (SSSR count). The van der Waals surface area contributed by atoms with Crippen LogP contribution in [0.3, 0.4) is 0 Å². The minimum absolute atomic E-state index is 0.0773. The fraction of sp³-hybridized carbons (Fsp3) is 0.429. The van der Waals surface area contributed by atoms with Crippen LogP contribution in [-0.2, 0) is 9.53 Å². The molecule has 1 aromatic carbocycles. The molecule has 19 heavy (non-hydrogen) atoms. The van der Waals surface area contributed by atoms with Crippen LogP contribution >= 0.6 is 0 Å². The van der Waals surface area contributed by atoms with E-state index < -0.39 is 0 Å². The Balaban J connectivity index is 1.77. The number of hydrogen-bond donors (Lipinski definition) is 2. The van der Waals surface area contributed by atoms with E-state index in [4.69, 9.17) is 0 Å². The van der Waals surface area contributed by atoms with Crippen molar-refractivity contribution in [2.24, 2.45) is 5.92 Å². The second-order valence-corrected chi connectivity index (χ2v) is 4.69. The first-order valence-corrected chi connectivity index (χ1v) is 6.38. The van der Waals surface area contributed by atoms with Crippen molar-refractivity contribution in [2.75, 3.05) is 25.5 Å². The van der Waals surface area contributed by atoms with Crippen LogP contribution in [0.4, 0.5) is 5.69 Å². The smallest absolute Gasteiger partial charge is 0.337 e. The summed E-state index contributed by atoms with van der Waals surface area (Å²) >= 11 is 0. The first-order chi connectivity index (χ1) is 9.19. The van der Waals surface area contributed by atoms with Gasteiger partial charge in [0.2, 0.25) is 5.91 Å². The van der Waals surface area contributed by atoms with Crippen LogP contribution in [0.1, 0.15) is 23.2 Å². The monoisotopic (exact) mass is 262 g/mol. The lowest BCUT2D eigenvalue weighted by Gasteiger charge is -2.07. The Bertz CT molecular complexity index is 452. The topological polar surface area (TPSA) is 67.4 Å². The molecule has 0 saturated heterocycles. The third kappa shape index (κ3) is 4.37. The number of esters is 1. The van der Waals surface area contributed by atoms with Gasteiger partial charge in [0.25, 0.3) is 0 Å². The molecule has 1 aromatic rings. The number of hydrogen-bond acceptors (Lipinski definition) is 4. The van der Waals surface area contributed by atoms with Gasteiger partial charge in [-0.05, 0) is 49.6 Å². The molecule has 1 saturated carbocycles. The largest absolute Gasteiger partial charge is 0.465 e. The summed E-state index contributed by atoms with van der Waals surface area (Å²) in [4.78, 5) is 22.9. The maximum Gasteiger partial charge on any atom is 0.337 e. The van der Waals surface area contributed by atoms with Gasteiger partial charge >= 0.3 is 5.97 Å². The minimum Gasteiger partial charge on any atom is -0.465 e. The molecule has 2 N–H and O–H groups in total. The normalized spacial score (nSPS) is 13.9. The minimum atomic E-state index is -0.385. The summed E-state index contributed by atoms with van der Waals surface area (Å²) in [5.74, 6) is 0.294. The second-order valence-electron chi connectivity index (χ2n) is 4.69. The molecule has 5 heteroatoms. The van der Waals surface area contributed by atoms with Gasteiger partial charge in [-0.25, -0.2) is 4.79 Å². The predicted molar refractivity (Wildman–Crippen MR) is 72.0 cm³/mol. The fourth-order valence-electron chi connectivity index (χ4n) is 1.72. The van der Waals surface area contributed by atoms with Gasteiger partial charge in [-0.2, -0.15) is 0 Å². The standard InChI is InChI=1S/C14H18N2O3/c1-19-14(18)11-4-6-12(7-5-11)16-13(17)9-15-8-10-2-3-10/h4-7,10,15H,2-3,8-9H2,1H3,(H,16,17). The molecule has 1 aliphatic rings. The Morgan fingerprint density at radius 2 is 1.95 bits per heavy atom. The zero-order valence-corrected chi connectivity index (χ0v) is 10.9. The first kappa shape index (κ1) is 13.5. The van der Waals surface area contributed by atoms with Crippen LogP contribution in [0.15, 0.2) is 24.3 Å². The van der Waals surface area contributed by atoms with Gasteiger partial charge in [-0.1, -0.05) is 0 Å². The van der Waals surface area contributed by atoms with Crippen molar-refractivity contribution in [2.45, 2.75) is 12.8 Å². The van der Waals surface area contributed by atoms with Crippen molar-refractivity contribution in [3.8, 4) is 0 Å². The molecular weight excluding hydrogens is 244 g/mol. The van der Waals surface area contributed by atoms with E-state index in [1.807, 2.05) is 0 Å². The summed E-state index contributed by atoms with van der Waals surface area (Å²) in [5.41, 5.74) is 1.14. The third-order valence-corrected chi connectivity index (χ3v) is 3.01. The second kappa shape index (κ2) is 6.33. The van der Waals surface area contributed by atoms with E-state index in [0.29, 0.717) is 17.8 Å². The van der Waals surface area contributed by atoms with Crippen molar-refractivity contribution < 1.29 is 14.3 Å². The van der Waals surface area contributed by atoms with E-state index in [1.54, 1.807) is 24.3 Å². The lowest BCUT2D eigenvalue weighted by molar-refractivity contribution is -0.115. The Labute approximate surface area is 112 Å². The number of rotatable bonds is 6. The zero-order chi connectivity index (χ0) is 13.7. The molecule has 0 aromatic heterocycles. The first-order valence-electron chi connectivity index (χ1n) is 6.38. The molecule has 1 amide bonds. The highest BCUT2D eigenvalue weighted by atomic mass is 16.5. The van der Waals surface area contributed by atoms with E-state index in [9.17, 15) is 9.59 Å². The highest BCUT2D eigenvalue weighted by Crippen LogP contribution is 2.27. The third-order valence-electron chi connectivity index (χ3n) is 3.01. The molecule has 0 atom stereocenters. The summed E-state index contributed by atoms with van der Waals surface area (Å²) in [7, 11) is 1.34. The Hall–Kier alpha value is -1.88. The lowest BCUT2D eigenvalue weighted by Crippen LogP contribution is -2.29. The van der Waals surface area contributed by atoms with E-state index in [-0.39, 0.29) is 11.9 Å². The lowest BCUT2D eigenvalue weighted by atomic mass is 10.2. The van der Waals surface area contributed by atoms with E-state index >= 15 is 0 Å². The van der Waals surface area contributed by atoms with Crippen molar-refractivity contribution in [3.05, 3.63) is 29.8 Å². The molecule has 102 valence electrons. The van der Waals surface area contributed by atoms with Gasteiger partial charge in [0.05, 0.1) is 19.2 Å². The quantitative estimate of drug-likeness (QED) is 0.761. The van der Waals surface area contributed by atoms with Crippen LogP contribution in [0, 0.1) is 5.92 Å². The Morgan fingerprint density at radius 3 is 2.53 bits per heavy atom. The highest BCUT2D eigenvalue weighted by Gasteiger charge is 2.20. The van der Waals surface area contributed by atoms with Crippen molar-refractivity contribution in [1.29, 1.82) is 0 Å². The van der Waals surface area contributed by atoms with Gasteiger partial charge in [0.15, 0.2) is 0 Å². The van der Waals surface area contributed by atoms with Crippen molar-refractivity contribution >= 4 is 17.6 Å². The zero-order valence-electron chi connectivity index (χ0n) is 10.9. The summed E-state index contributed by atoms with van der Waals surface area (Å²) in [5, 5.41) is 5.89. The molecule has 1 aliphatic carbocycles. The average Bonchev–Trinajstić information content (AvgIpc) is 3.23. The molecule has 0 spiro atoms. The Morgan fingerprint density at radius 1 is 1.26 bits per heavy atom. The summed E-state index contributed by atoms with van der Waals surface area (Å²) in [6.45, 7) is 1.23. The number of nitrogens with one attached hydrogen (secondary N) is 2. The number of benzene rings is 1. The summed E-state index contributed by atoms with van der Waals surface area (Å²) in [6.07, 6.45) is 2.53. The van der Waals surface area contributed by atoms with Gasteiger partial charge < -0.3 is 15.4 Å². The van der Waals surface area contributed by atoms with Gasteiger partial charge in [-0.3, -0.25) is 4.79 Å². The molecule has 0 heterocycles. The molecule has 0 radical (unpaired) electrons.